The summed E-state index contributed by atoms with van der Waals surface area (Å²) in [7, 11) is 1.43. The van der Waals surface area contributed by atoms with Gasteiger partial charge in [-0.2, -0.15) is 0 Å². The third-order valence-electron chi connectivity index (χ3n) is 3.79. The average Bonchev–Trinajstić information content (AvgIpc) is 3.20. The first-order valence-electron chi connectivity index (χ1n) is 7.86. The lowest BCUT2D eigenvalue weighted by molar-refractivity contribution is 0.0845. The van der Waals surface area contributed by atoms with Gasteiger partial charge in [-0.1, -0.05) is 11.6 Å². The summed E-state index contributed by atoms with van der Waals surface area (Å²) in [6, 6.07) is 11.7. The summed E-state index contributed by atoms with van der Waals surface area (Å²) >= 11 is 6.29. The first-order chi connectivity index (χ1) is 13.0. The molecule has 0 atom stereocenters. The first kappa shape index (κ1) is 18.5. The van der Waals surface area contributed by atoms with Gasteiger partial charge < -0.3 is 9.30 Å². The zero-order valence-corrected chi connectivity index (χ0v) is 15.0. The van der Waals surface area contributed by atoms with E-state index in [1.54, 1.807) is 10.6 Å². The van der Waals surface area contributed by atoms with E-state index in [4.69, 9.17) is 16.3 Å². The Morgan fingerprint density at radius 2 is 1.67 bits per heavy atom. The third kappa shape index (κ3) is 4.09. The van der Waals surface area contributed by atoms with Gasteiger partial charge in [0.2, 0.25) is 0 Å². The Morgan fingerprint density at radius 3 is 2.30 bits per heavy atom. The highest BCUT2D eigenvalue weighted by Crippen LogP contribution is 2.29. The number of carbonyl (C=O) groups excluding carboxylic acids is 2. The zero-order chi connectivity index (χ0) is 19.4. The van der Waals surface area contributed by atoms with Crippen LogP contribution in [0, 0.1) is 5.82 Å². The van der Waals surface area contributed by atoms with Crippen LogP contribution >= 0.6 is 11.6 Å². The molecule has 0 radical (unpaired) electrons. The van der Waals surface area contributed by atoms with Gasteiger partial charge in [0.1, 0.15) is 11.6 Å². The van der Waals surface area contributed by atoms with Crippen molar-refractivity contribution in [3.05, 3.63) is 82.9 Å². The quantitative estimate of drug-likeness (QED) is 0.674. The SMILES string of the molecule is COc1cc(-n2cccc2)c(Cl)cc1C(=O)NNC(=O)c1ccc(F)cc1. The number of benzene rings is 2. The van der Waals surface area contributed by atoms with E-state index in [1.165, 1.54) is 25.3 Å². The van der Waals surface area contributed by atoms with Crippen molar-refractivity contribution in [3.63, 3.8) is 0 Å². The molecular weight excluding hydrogens is 373 g/mol. The number of amides is 2. The molecule has 0 fully saturated rings. The summed E-state index contributed by atoms with van der Waals surface area (Å²) in [5.41, 5.74) is 5.55. The van der Waals surface area contributed by atoms with Crippen LogP contribution in [-0.4, -0.2) is 23.5 Å². The van der Waals surface area contributed by atoms with Crippen LogP contribution in [0.2, 0.25) is 5.02 Å². The number of aromatic nitrogens is 1. The van der Waals surface area contributed by atoms with Crippen LogP contribution in [0.1, 0.15) is 20.7 Å². The Bertz CT molecular complexity index is 973. The summed E-state index contributed by atoms with van der Waals surface area (Å²) < 4.78 is 20.0. The second-order valence-corrected chi connectivity index (χ2v) is 5.92. The van der Waals surface area contributed by atoms with Crippen molar-refractivity contribution in [2.75, 3.05) is 7.11 Å². The molecule has 0 aliphatic carbocycles. The number of methoxy groups -OCH3 is 1. The van der Waals surface area contributed by atoms with E-state index in [2.05, 4.69) is 10.9 Å². The van der Waals surface area contributed by atoms with Crippen LogP contribution in [-0.2, 0) is 0 Å². The fourth-order valence-corrected chi connectivity index (χ4v) is 2.70. The number of carbonyl (C=O) groups is 2. The molecular formula is C19H15ClFN3O3. The van der Waals surface area contributed by atoms with Gasteiger partial charge in [0.05, 0.1) is 23.4 Å². The van der Waals surface area contributed by atoms with Gasteiger partial charge >= 0.3 is 0 Å². The molecule has 3 aromatic rings. The van der Waals surface area contributed by atoms with Crippen LogP contribution < -0.4 is 15.6 Å². The molecule has 0 bridgehead atoms. The smallest absolute Gasteiger partial charge is 0.273 e. The monoisotopic (exact) mass is 387 g/mol. The summed E-state index contributed by atoms with van der Waals surface area (Å²) in [5.74, 6) is -1.37. The second-order valence-electron chi connectivity index (χ2n) is 5.51. The number of nitrogens with zero attached hydrogens (tertiary/aromatic N) is 1. The van der Waals surface area contributed by atoms with Crippen LogP contribution in [0.25, 0.3) is 5.69 Å². The highest BCUT2D eigenvalue weighted by molar-refractivity contribution is 6.33. The molecule has 138 valence electrons. The molecule has 0 unspecified atom stereocenters. The lowest BCUT2D eigenvalue weighted by atomic mass is 10.1. The van der Waals surface area contributed by atoms with Crippen molar-refractivity contribution >= 4 is 23.4 Å². The molecule has 2 aromatic carbocycles. The molecule has 0 aliphatic rings. The molecule has 0 saturated heterocycles. The predicted molar refractivity (Wildman–Crippen MR) is 98.7 cm³/mol. The van der Waals surface area contributed by atoms with Gasteiger partial charge in [0, 0.05) is 24.0 Å². The Kier molecular flexibility index (Phi) is 5.42. The zero-order valence-electron chi connectivity index (χ0n) is 14.2. The lowest BCUT2D eigenvalue weighted by Crippen LogP contribution is -2.41. The van der Waals surface area contributed by atoms with E-state index in [0.717, 1.165) is 12.1 Å². The number of hydrogen-bond donors (Lipinski definition) is 2. The Balaban J connectivity index is 1.77. The van der Waals surface area contributed by atoms with Crippen molar-refractivity contribution in [1.82, 2.24) is 15.4 Å². The van der Waals surface area contributed by atoms with E-state index in [1.807, 2.05) is 24.5 Å². The number of halogens is 2. The van der Waals surface area contributed by atoms with E-state index in [-0.39, 0.29) is 16.9 Å². The number of nitrogens with one attached hydrogen (secondary N) is 2. The standard InChI is InChI=1S/C19H15ClFN3O3/c1-27-17-11-16(24-8-2-3-9-24)15(20)10-14(17)19(26)23-22-18(25)12-4-6-13(21)7-5-12/h2-11H,1H3,(H,22,25)(H,23,26). The second kappa shape index (κ2) is 7.92. The van der Waals surface area contributed by atoms with E-state index in [9.17, 15) is 14.0 Å². The summed E-state index contributed by atoms with van der Waals surface area (Å²) in [4.78, 5) is 24.4. The number of hydrazine groups is 1. The number of hydrogen-bond acceptors (Lipinski definition) is 3. The summed E-state index contributed by atoms with van der Waals surface area (Å²) in [6.07, 6.45) is 3.62. The van der Waals surface area contributed by atoms with Crippen LogP contribution in [0.3, 0.4) is 0 Å². The van der Waals surface area contributed by atoms with Gasteiger partial charge in [-0.15, -0.1) is 0 Å². The maximum absolute atomic E-state index is 12.9. The van der Waals surface area contributed by atoms with Crippen molar-refractivity contribution in [2.45, 2.75) is 0 Å². The molecule has 1 heterocycles. The molecule has 8 heteroatoms. The summed E-state index contributed by atoms with van der Waals surface area (Å²) in [6.45, 7) is 0. The molecule has 27 heavy (non-hydrogen) atoms. The summed E-state index contributed by atoms with van der Waals surface area (Å²) in [5, 5.41) is 0.335. The largest absolute Gasteiger partial charge is 0.496 e. The average molecular weight is 388 g/mol. The first-order valence-corrected chi connectivity index (χ1v) is 8.24. The van der Waals surface area contributed by atoms with E-state index in [0.29, 0.717) is 10.7 Å². The molecule has 6 nitrogen and oxygen atoms in total. The molecule has 0 saturated carbocycles. The fraction of sp³-hybridized carbons (Fsp3) is 0.0526. The normalized spacial score (nSPS) is 10.3. The topological polar surface area (TPSA) is 72.4 Å². The molecule has 0 aliphatic heterocycles. The van der Waals surface area contributed by atoms with Crippen molar-refractivity contribution in [3.8, 4) is 11.4 Å². The van der Waals surface area contributed by atoms with Crippen molar-refractivity contribution in [2.24, 2.45) is 0 Å². The van der Waals surface area contributed by atoms with E-state index >= 15 is 0 Å². The van der Waals surface area contributed by atoms with Crippen molar-refractivity contribution in [1.29, 1.82) is 0 Å². The van der Waals surface area contributed by atoms with Gasteiger partial charge in [0.15, 0.2) is 0 Å². The third-order valence-corrected chi connectivity index (χ3v) is 4.09. The van der Waals surface area contributed by atoms with Gasteiger partial charge in [0.25, 0.3) is 11.8 Å². The van der Waals surface area contributed by atoms with Gasteiger partial charge in [-0.05, 0) is 42.5 Å². The highest BCUT2D eigenvalue weighted by Gasteiger charge is 2.17. The Labute approximate surface area is 159 Å². The molecule has 2 amide bonds. The molecule has 1 aromatic heterocycles. The number of ether oxygens (including phenoxy) is 1. The predicted octanol–water partition coefficient (Wildman–Crippen LogP) is 3.35. The van der Waals surface area contributed by atoms with Crippen LogP contribution in [0.4, 0.5) is 4.39 Å². The van der Waals surface area contributed by atoms with Gasteiger partial charge in [-0.25, -0.2) is 4.39 Å². The number of rotatable bonds is 4. The highest BCUT2D eigenvalue weighted by atomic mass is 35.5. The molecule has 0 spiro atoms. The molecule has 2 N–H and O–H groups in total. The Morgan fingerprint density at radius 1 is 1.04 bits per heavy atom. The maximum Gasteiger partial charge on any atom is 0.273 e. The molecule has 3 rings (SSSR count). The van der Waals surface area contributed by atoms with E-state index < -0.39 is 17.6 Å². The Hall–Kier alpha value is -3.32. The van der Waals surface area contributed by atoms with Crippen LogP contribution in [0.5, 0.6) is 5.75 Å². The van der Waals surface area contributed by atoms with Crippen LogP contribution in [0.15, 0.2) is 60.9 Å². The minimum atomic E-state index is -0.608. The maximum atomic E-state index is 12.9. The van der Waals surface area contributed by atoms with Crippen molar-refractivity contribution < 1.29 is 18.7 Å². The minimum absolute atomic E-state index is 0.151. The lowest BCUT2D eigenvalue weighted by Gasteiger charge is -2.14. The minimum Gasteiger partial charge on any atom is -0.496 e. The van der Waals surface area contributed by atoms with Gasteiger partial charge in [-0.3, -0.25) is 20.4 Å². The fourth-order valence-electron chi connectivity index (χ4n) is 2.44.